The van der Waals surface area contributed by atoms with Crippen LogP contribution in [0.3, 0.4) is 0 Å². The molecule has 3 aliphatic rings. The molecule has 5 heteroatoms. The third kappa shape index (κ3) is 4.85. The molecule has 0 radical (unpaired) electrons. The summed E-state index contributed by atoms with van der Waals surface area (Å²) in [6.07, 6.45) is 12.6. The van der Waals surface area contributed by atoms with Crippen molar-refractivity contribution in [2.24, 2.45) is 17.3 Å². The zero-order chi connectivity index (χ0) is 24.7. The standard InChI is InChI=1S/C30H45N5/c1-20-10-15-26(20)24-18-21(2)27(22(3)19-24)35-29(31-32-33-35)28(34-16-8-7-9-17-34)23-11-13-25(14-12-23)30(4,5)6/h11,18-20,25-26,28H,7-10,12-17H2,1-6H3. The van der Waals surface area contributed by atoms with E-state index in [9.17, 15) is 0 Å². The maximum atomic E-state index is 4.71. The summed E-state index contributed by atoms with van der Waals surface area (Å²) < 4.78 is 2.08. The highest BCUT2D eigenvalue weighted by molar-refractivity contribution is 5.50. The van der Waals surface area contributed by atoms with Gasteiger partial charge in [0.25, 0.3) is 0 Å². The van der Waals surface area contributed by atoms with Gasteiger partial charge in [-0.2, -0.15) is 4.68 Å². The Hall–Kier alpha value is -2.01. The van der Waals surface area contributed by atoms with Crippen LogP contribution in [0, 0.1) is 31.1 Å². The van der Waals surface area contributed by atoms with Gasteiger partial charge in [0, 0.05) is 0 Å². The lowest BCUT2D eigenvalue weighted by Gasteiger charge is -2.39. The van der Waals surface area contributed by atoms with Gasteiger partial charge < -0.3 is 0 Å². The van der Waals surface area contributed by atoms with Crippen molar-refractivity contribution in [2.75, 3.05) is 13.1 Å². The van der Waals surface area contributed by atoms with Gasteiger partial charge in [-0.15, -0.1) is 5.10 Å². The van der Waals surface area contributed by atoms with Crippen molar-refractivity contribution < 1.29 is 0 Å². The number of rotatable bonds is 5. The smallest absolute Gasteiger partial charge is 0.177 e. The van der Waals surface area contributed by atoms with Crippen LogP contribution in [0.5, 0.6) is 0 Å². The first-order valence-electron chi connectivity index (χ1n) is 14.1. The summed E-state index contributed by atoms with van der Waals surface area (Å²) >= 11 is 0. The molecule has 4 unspecified atom stereocenters. The Labute approximate surface area is 212 Å². The molecular weight excluding hydrogens is 430 g/mol. The van der Waals surface area contributed by atoms with Gasteiger partial charge in [0.2, 0.25) is 0 Å². The van der Waals surface area contributed by atoms with Crippen molar-refractivity contribution in [1.82, 2.24) is 25.1 Å². The Morgan fingerprint density at radius 3 is 2.23 bits per heavy atom. The number of piperidine rings is 1. The maximum absolute atomic E-state index is 4.71. The highest BCUT2D eigenvalue weighted by Crippen LogP contribution is 2.44. The molecule has 2 heterocycles. The van der Waals surface area contributed by atoms with Crippen LogP contribution >= 0.6 is 0 Å². The first-order chi connectivity index (χ1) is 16.7. The van der Waals surface area contributed by atoms with Crippen LogP contribution in [-0.2, 0) is 0 Å². The first kappa shape index (κ1) is 24.7. The number of hydrogen-bond donors (Lipinski definition) is 0. The van der Waals surface area contributed by atoms with Crippen LogP contribution in [0.2, 0.25) is 0 Å². The molecule has 5 rings (SSSR count). The van der Waals surface area contributed by atoms with E-state index in [-0.39, 0.29) is 6.04 Å². The van der Waals surface area contributed by atoms with Crippen molar-refractivity contribution in [1.29, 1.82) is 0 Å². The topological polar surface area (TPSA) is 46.8 Å². The van der Waals surface area contributed by atoms with E-state index in [4.69, 9.17) is 5.10 Å². The van der Waals surface area contributed by atoms with Gasteiger partial charge in [0.1, 0.15) is 0 Å². The number of hydrogen-bond acceptors (Lipinski definition) is 4. The molecule has 2 aromatic rings. The van der Waals surface area contributed by atoms with Crippen molar-refractivity contribution in [3.8, 4) is 5.69 Å². The zero-order valence-electron chi connectivity index (χ0n) is 22.8. The molecule has 0 spiro atoms. The minimum Gasteiger partial charge on any atom is -0.290 e. The highest BCUT2D eigenvalue weighted by atomic mass is 15.6. The van der Waals surface area contributed by atoms with Gasteiger partial charge in [0.15, 0.2) is 5.82 Å². The van der Waals surface area contributed by atoms with Gasteiger partial charge in [0.05, 0.1) is 11.7 Å². The lowest BCUT2D eigenvalue weighted by atomic mass is 9.70. The zero-order valence-corrected chi connectivity index (χ0v) is 22.8. The van der Waals surface area contributed by atoms with Crippen molar-refractivity contribution in [2.45, 2.75) is 105 Å². The SMILES string of the molecule is Cc1cc(C2CCC2C)cc(C)c1-n1nnnc1C(C1=CCC(C(C)(C)C)CC1)N1CCCCC1. The second kappa shape index (κ2) is 9.80. The highest BCUT2D eigenvalue weighted by Gasteiger charge is 2.35. The predicted octanol–water partition coefficient (Wildman–Crippen LogP) is 7.09. The summed E-state index contributed by atoms with van der Waals surface area (Å²) in [5.41, 5.74) is 7.13. The van der Waals surface area contributed by atoms with E-state index in [1.54, 1.807) is 0 Å². The van der Waals surface area contributed by atoms with Crippen LogP contribution in [-0.4, -0.2) is 38.2 Å². The summed E-state index contributed by atoms with van der Waals surface area (Å²) in [6.45, 7) is 16.3. The molecule has 1 saturated heterocycles. The first-order valence-corrected chi connectivity index (χ1v) is 14.1. The molecule has 190 valence electrons. The van der Waals surface area contributed by atoms with Gasteiger partial charge in [-0.25, -0.2) is 0 Å². The van der Waals surface area contributed by atoms with Crippen LogP contribution in [0.15, 0.2) is 23.8 Å². The maximum Gasteiger partial charge on any atom is 0.177 e. The fourth-order valence-corrected chi connectivity index (χ4v) is 6.85. The van der Waals surface area contributed by atoms with Crippen molar-refractivity contribution >= 4 is 0 Å². The van der Waals surface area contributed by atoms with Gasteiger partial charge in [-0.3, -0.25) is 4.90 Å². The number of aryl methyl sites for hydroxylation is 2. The summed E-state index contributed by atoms with van der Waals surface area (Å²) in [7, 11) is 0. The Kier molecular flexibility index (Phi) is 6.91. The molecule has 1 aliphatic heterocycles. The van der Waals surface area contributed by atoms with E-state index in [1.807, 2.05) is 0 Å². The summed E-state index contributed by atoms with van der Waals surface area (Å²) in [5, 5.41) is 13.6. The average molecular weight is 476 g/mol. The van der Waals surface area contributed by atoms with Crippen LogP contribution in [0.4, 0.5) is 0 Å². The van der Waals surface area contributed by atoms with Gasteiger partial charge in [-0.1, -0.05) is 52.3 Å². The minimum atomic E-state index is 0.177. The largest absolute Gasteiger partial charge is 0.290 e. The number of benzene rings is 1. The molecule has 0 amide bonds. The Morgan fingerprint density at radius 2 is 1.69 bits per heavy atom. The number of nitrogens with zero attached hydrogens (tertiary/aromatic N) is 5. The molecule has 4 atom stereocenters. The fraction of sp³-hybridized carbons (Fsp3) is 0.700. The summed E-state index contributed by atoms with van der Waals surface area (Å²) in [6, 6.07) is 4.98. The summed E-state index contributed by atoms with van der Waals surface area (Å²) in [4.78, 5) is 2.66. The normalized spacial score (nSPS) is 26.8. The molecular formula is C30H45N5. The molecule has 35 heavy (non-hydrogen) atoms. The third-order valence-electron chi connectivity index (χ3n) is 9.29. The Balaban J connectivity index is 1.52. The van der Waals surface area contributed by atoms with Gasteiger partial charge >= 0.3 is 0 Å². The van der Waals surface area contributed by atoms with Crippen molar-refractivity contribution in [3.05, 3.63) is 46.3 Å². The van der Waals surface area contributed by atoms with E-state index >= 15 is 0 Å². The van der Waals surface area contributed by atoms with E-state index in [0.717, 1.165) is 43.6 Å². The van der Waals surface area contributed by atoms with E-state index in [2.05, 4.69) is 79.8 Å². The second-order valence-electron chi connectivity index (χ2n) is 12.7. The molecule has 2 aliphatic carbocycles. The van der Waals surface area contributed by atoms with Crippen LogP contribution in [0.25, 0.3) is 5.69 Å². The lowest BCUT2D eigenvalue weighted by Crippen LogP contribution is -2.37. The number of tetrazole rings is 1. The lowest BCUT2D eigenvalue weighted by molar-refractivity contribution is 0.163. The van der Waals surface area contributed by atoms with E-state index in [0.29, 0.717) is 11.3 Å². The van der Waals surface area contributed by atoms with Crippen LogP contribution in [0.1, 0.15) is 114 Å². The average Bonchev–Trinajstić information content (AvgIpc) is 3.27. The van der Waals surface area contributed by atoms with Crippen LogP contribution < -0.4 is 0 Å². The van der Waals surface area contributed by atoms with E-state index < -0.39 is 0 Å². The molecule has 1 aromatic carbocycles. The molecule has 2 fully saturated rings. The predicted molar refractivity (Wildman–Crippen MR) is 143 cm³/mol. The Morgan fingerprint density at radius 1 is 0.971 bits per heavy atom. The third-order valence-corrected chi connectivity index (χ3v) is 9.29. The second-order valence-corrected chi connectivity index (χ2v) is 12.7. The molecule has 5 nitrogen and oxygen atoms in total. The Bertz CT molecular complexity index is 1050. The number of likely N-dealkylation sites (tertiary alicyclic amines) is 1. The van der Waals surface area contributed by atoms with Crippen molar-refractivity contribution in [3.63, 3.8) is 0 Å². The molecule has 1 aromatic heterocycles. The summed E-state index contributed by atoms with van der Waals surface area (Å²) in [5.74, 6) is 3.25. The molecule has 0 N–H and O–H groups in total. The molecule has 0 bridgehead atoms. The molecule has 1 saturated carbocycles. The van der Waals surface area contributed by atoms with Gasteiger partial charge in [-0.05, 0) is 128 Å². The number of allylic oxidation sites excluding steroid dienone is 1. The monoisotopic (exact) mass is 475 g/mol. The number of aromatic nitrogens is 4. The minimum absolute atomic E-state index is 0.177. The fourth-order valence-electron chi connectivity index (χ4n) is 6.85. The quantitative estimate of drug-likeness (QED) is 0.433. The van der Waals surface area contributed by atoms with E-state index in [1.165, 1.54) is 66.5 Å².